The van der Waals surface area contributed by atoms with Gasteiger partial charge in [-0.1, -0.05) is 24.3 Å². The number of ether oxygens (including phenoxy) is 3. The first-order chi connectivity index (χ1) is 19.0. The lowest BCUT2D eigenvalue weighted by atomic mass is 9.94. The molecule has 1 aliphatic rings. The van der Waals surface area contributed by atoms with Crippen LogP contribution in [0.3, 0.4) is 0 Å². The topological polar surface area (TPSA) is 111 Å². The number of hydrogen-bond acceptors (Lipinski definition) is 7. The molecule has 2 amide bonds. The molecule has 9 nitrogen and oxygen atoms in total. The summed E-state index contributed by atoms with van der Waals surface area (Å²) in [6.07, 6.45) is 2.45. The molecule has 1 aromatic heterocycles. The summed E-state index contributed by atoms with van der Waals surface area (Å²) < 4.78 is 31.4. The zero-order valence-electron chi connectivity index (χ0n) is 21.4. The van der Waals surface area contributed by atoms with E-state index in [1.807, 2.05) is 18.2 Å². The van der Waals surface area contributed by atoms with Crippen molar-refractivity contribution in [1.82, 2.24) is 15.6 Å². The van der Waals surface area contributed by atoms with Crippen LogP contribution in [0.4, 0.5) is 10.1 Å². The smallest absolute Gasteiger partial charge is 0.313 e. The van der Waals surface area contributed by atoms with E-state index in [0.717, 1.165) is 24.6 Å². The van der Waals surface area contributed by atoms with Gasteiger partial charge in [0.05, 0.1) is 19.7 Å². The number of carbonyl (C=O) groups excluding carboxylic acids is 2. The van der Waals surface area contributed by atoms with Crippen molar-refractivity contribution >= 4 is 28.4 Å². The molecule has 0 aliphatic carbocycles. The van der Waals surface area contributed by atoms with Crippen molar-refractivity contribution in [3.05, 3.63) is 83.8 Å². The highest BCUT2D eigenvalue weighted by Crippen LogP contribution is 2.37. The van der Waals surface area contributed by atoms with Crippen LogP contribution in [-0.2, 0) is 16.0 Å². The Morgan fingerprint density at radius 1 is 0.974 bits per heavy atom. The normalized spacial score (nSPS) is 14.3. The lowest BCUT2D eigenvalue weighted by Crippen LogP contribution is -2.42. The summed E-state index contributed by atoms with van der Waals surface area (Å²) in [7, 11) is 3.04. The summed E-state index contributed by atoms with van der Waals surface area (Å²) >= 11 is 0. The first-order valence-electron chi connectivity index (χ1n) is 12.4. The Hall–Kier alpha value is -4.70. The molecule has 0 spiro atoms. The highest BCUT2D eigenvalue weighted by Gasteiger charge is 2.22. The number of benzene rings is 3. The van der Waals surface area contributed by atoms with Crippen molar-refractivity contribution in [3.8, 4) is 23.0 Å². The van der Waals surface area contributed by atoms with Crippen LogP contribution in [0.5, 0.6) is 23.0 Å². The average molecular weight is 531 g/mol. The zero-order valence-corrected chi connectivity index (χ0v) is 21.4. The van der Waals surface area contributed by atoms with Crippen molar-refractivity contribution < 1.29 is 28.2 Å². The second kappa shape index (κ2) is 11.4. The molecule has 1 atom stereocenters. The number of rotatable bonds is 7. The minimum atomic E-state index is -0.895. The van der Waals surface area contributed by atoms with Gasteiger partial charge in [-0.3, -0.25) is 14.6 Å². The highest BCUT2D eigenvalue weighted by molar-refractivity contribution is 6.39. The molecule has 1 unspecified atom stereocenters. The van der Waals surface area contributed by atoms with E-state index in [2.05, 4.69) is 27.0 Å². The van der Waals surface area contributed by atoms with Crippen LogP contribution in [-0.4, -0.2) is 44.1 Å². The lowest BCUT2D eigenvalue weighted by molar-refractivity contribution is -0.136. The summed E-state index contributed by atoms with van der Waals surface area (Å²) in [6, 6.07) is 16.8. The van der Waals surface area contributed by atoms with Crippen LogP contribution in [0, 0.1) is 5.82 Å². The van der Waals surface area contributed by atoms with Gasteiger partial charge in [0.25, 0.3) is 0 Å². The fourth-order valence-electron chi connectivity index (χ4n) is 4.55. The molecule has 0 radical (unpaired) electrons. The molecular formula is C29H27FN4O5. The summed E-state index contributed by atoms with van der Waals surface area (Å²) in [4.78, 5) is 29.2. The van der Waals surface area contributed by atoms with E-state index in [-0.39, 0.29) is 24.0 Å². The van der Waals surface area contributed by atoms with Gasteiger partial charge in [0.15, 0.2) is 23.1 Å². The molecule has 2 heterocycles. The fourth-order valence-corrected chi connectivity index (χ4v) is 4.55. The molecular weight excluding hydrogens is 503 g/mol. The number of fused-ring (bicyclic) bond motifs is 2. The van der Waals surface area contributed by atoms with E-state index in [4.69, 9.17) is 14.2 Å². The first-order valence-corrected chi connectivity index (χ1v) is 12.4. The van der Waals surface area contributed by atoms with Crippen molar-refractivity contribution in [1.29, 1.82) is 0 Å². The quantitative estimate of drug-likeness (QED) is 0.308. The van der Waals surface area contributed by atoms with Gasteiger partial charge < -0.3 is 30.2 Å². The van der Waals surface area contributed by atoms with Crippen molar-refractivity contribution in [2.75, 3.05) is 32.6 Å². The largest absolute Gasteiger partial charge is 0.493 e. The van der Waals surface area contributed by atoms with Crippen molar-refractivity contribution in [3.63, 3.8) is 0 Å². The Bertz CT molecular complexity index is 1540. The number of nitrogens with zero attached hydrogens (tertiary/aromatic N) is 1. The number of hydrogen-bond donors (Lipinski definition) is 3. The molecule has 10 heteroatoms. The Labute approximate surface area is 224 Å². The van der Waals surface area contributed by atoms with Gasteiger partial charge in [0, 0.05) is 42.0 Å². The number of aromatic nitrogens is 1. The molecule has 3 N–H and O–H groups in total. The van der Waals surface area contributed by atoms with Gasteiger partial charge in [-0.2, -0.15) is 0 Å². The molecule has 39 heavy (non-hydrogen) atoms. The maximum absolute atomic E-state index is 14.9. The number of nitrogens with one attached hydrogen (secondary N) is 3. The van der Waals surface area contributed by atoms with Crippen molar-refractivity contribution in [2.24, 2.45) is 0 Å². The third-order valence-electron chi connectivity index (χ3n) is 6.51. The maximum Gasteiger partial charge on any atom is 0.313 e. The number of carbonyl (C=O) groups is 2. The molecule has 0 bridgehead atoms. The van der Waals surface area contributed by atoms with Gasteiger partial charge in [0.1, 0.15) is 5.75 Å². The molecule has 5 rings (SSSR count). The van der Waals surface area contributed by atoms with Gasteiger partial charge in [-0.05, 0) is 48.4 Å². The number of pyridine rings is 1. The van der Waals surface area contributed by atoms with E-state index in [1.54, 1.807) is 18.2 Å². The molecule has 0 fully saturated rings. The van der Waals surface area contributed by atoms with Crippen LogP contribution in [0.1, 0.15) is 17.2 Å². The summed E-state index contributed by atoms with van der Waals surface area (Å²) in [5, 5.41) is 9.02. The first kappa shape index (κ1) is 25.9. The van der Waals surface area contributed by atoms with Crippen LogP contribution in [0.25, 0.3) is 10.9 Å². The summed E-state index contributed by atoms with van der Waals surface area (Å²) in [5.74, 6) is -1.16. The average Bonchev–Trinajstić information content (AvgIpc) is 2.96. The monoisotopic (exact) mass is 530 g/mol. The highest BCUT2D eigenvalue weighted by atomic mass is 19.1. The minimum absolute atomic E-state index is 0.0678. The van der Waals surface area contributed by atoms with Gasteiger partial charge in [-0.15, -0.1) is 0 Å². The Balaban J connectivity index is 1.24. The van der Waals surface area contributed by atoms with Crippen LogP contribution < -0.4 is 30.2 Å². The number of anilines is 1. The molecule has 0 saturated carbocycles. The van der Waals surface area contributed by atoms with Crippen LogP contribution in [0.15, 0.2) is 66.9 Å². The second-order valence-corrected chi connectivity index (χ2v) is 8.90. The number of halogens is 1. The molecule has 1 aliphatic heterocycles. The van der Waals surface area contributed by atoms with Gasteiger partial charge in [0.2, 0.25) is 0 Å². The van der Waals surface area contributed by atoms with Gasteiger partial charge >= 0.3 is 11.8 Å². The van der Waals surface area contributed by atoms with Crippen LogP contribution >= 0.6 is 0 Å². The Morgan fingerprint density at radius 2 is 1.77 bits per heavy atom. The third-order valence-corrected chi connectivity index (χ3v) is 6.51. The van der Waals surface area contributed by atoms with E-state index in [1.165, 1.54) is 38.1 Å². The molecule has 0 saturated heterocycles. The molecule has 3 aromatic carbocycles. The SMILES string of the molecule is COc1cc2nccc(Oc3ccc(NC(=O)C(=O)NCC4NCCc5ccccc54)cc3F)c2cc1OC. The number of amides is 2. The van der Waals surface area contributed by atoms with E-state index >= 15 is 0 Å². The van der Waals surface area contributed by atoms with E-state index < -0.39 is 17.6 Å². The Kier molecular flexibility index (Phi) is 7.55. The molecule has 200 valence electrons. The standard InChI is InChI=1S/C29H27FN4O5/c1-37-26-14-20-22(15-27(26)38-2)31-12-10-24(20)39-25-8-7-18(13-21(25)30)34-29(36)28(35)33-16-23-19-6-4-3-5-17(19)9-11-32-23/h3-8,10,12-15,23,32H,9,11,16H2,1-2H3,(H,33,35)(H,34,36). The number of methoxy groups -OCH3 is 2. The Morgan fingerprint density at radius 3 is 2.56 bits per heavy atom. The maximum atomic E-state index is 14.9. The predicted molar refractivity (Wildman–Crippen MR) is 144 cm³/mol. The zero-order chi connectivity index (χ0) is 27.4. The van der Waals surface area contributed by atoms with Gasteiger partial charge in [-0.25, -0.2) is 4.39 Å². The minimum Gasteiger partial charge on any atom is -0.493 e. The summed E-state index contributed by atoms with van der Waals surface area (Å²) in [6.45, 7) is 1.04. The van der Waals surface area contributed by atoms with Crippen LogP contribution in [0.2, 0.25) is 0 Å². The fraction of sp³-hybridized carbons (Fsp3) is 0.207. The van der Waals surface area contributed by atoms with Crippen molar-refractivity contribution in [2.45, 2.75) is 12.5 Å². The summed E-state index contributed by atoms with van der Waals surface area (Å²) in [5.41, 5.74) is 3.01. The molecule has 4 aromatic rings. The second-order valence-electron chi connectivity index (χ2n) is 8.90. The van der Waals surface area contributed by atoms with E-state index in [9.17, 15) is 14.0 Å². The van der Waals surface area contributed by atoms with E-state index in [0.29, 0.717) is 28.2 Å². The predicted octanol–water partition coefficient (Wildman–Crippen LogP) is 4.13. The third kappa shape index (κ3) is 5.60. The lowest BCUT2D eigenvalue weighted by Gasteiger charge is -2.27.